The van der Waals surface area contributed by atoms with E-state index in [-0.39, 0.29) is 11.0 Å². The molecule has 0 unspecified atom stereocenters. The smallest absolute Gasteiger partial charge is 0.0950 e. The van der Waals surface area contributed by atoms with Crippen LogP contribution in [0.25, 0.3) is 0 Å². The lowest BCUT2D eigenvalue weighted by Crippen LogP contribution is -1.98. The van der Waals surface area contributed by atoms with Gasteiger partial charge >= 0.3 is 0 Å². The van der Waals surface area contributed by atoms with Gasteiger partial charge in [0.2, 0.25) is 0 Å². The molecule has 2 aromatic carbocycles. The summed E-state index contributed by atoms with van der Waals surface area (Å²) < 4.78 is 0. The van der Waals surface area contributed by atoms with E-state index in [1.165, 1.54) is 11.1 Å². The molecule has 0 saturated carbocycles. The van der Waals surface area contributed by atoms with Crippen LogP contribution in [0.2, 0.25) is 0 Å². The fourth-order valence-corrected chi connectivity index (χ4v) is 2.88. The van der Waals surface area contributed by atoms with Crippen LogP contribution < -0.4 is 0 Å². The van der Waals surface area contributed by atoms with Crippen molar-refractivity contribution in [1.29, 1.82) is 0 Å². The zero-order valence-corrected chi connectivity index (χ0v) is 10.9. The molecule has 0 bridgehead atoms. The van der Waals surface area contributed by atoms with Gasteiger partial charge in [-0.05, 0) is 11.1 Å². The number of hydrogen-bond donors (Lipinski definition) is 1. The molecular formula is C16H16OS. The quantitative estimate of drug-likeness (QED) is 0.790. The van der Waals surface area contributed by atoms with Crippen molar-refractivity contribution in [3.05, 3.63) is 84.1 Å². The van der Waals surface area contributed by atoms with Gasteiger partial charge in [-0.25, -0.2) is 0 Å². The Bertz CT molecular complexity index is 454. The van der Waals surface area contributed by atoms with Crippen molar-refractivity contribution < 1.29 is 5.11 Å². The molecule has 0 aliphatic rings. The molecule has 0 aliphatic carbocycles. The van der Waals surface area contributed by atoms with Crippen LogP contribution in [0, 0.1) is 0 Å². The number of aliphatic hydroxyl groups is 1. The Hall–Kier alpha value is -1.67. The molecule has 0 spiro atoms. The zero-order valence-electron chi connectivity index (χ0n) is 10.1. The molecule has 1 nitrogen and oxygen atoms in total. The minimum atomic E-state index is 0.219. The summed E-state index contributed by atoms with van der Waals surface area (Å²) in [6, 6.07) is 20.7. The summed E-state index contributed by atoms with van der Waals surface area (Å²) in [7, 11) is 0. The van der Waals surface area contributed by atoms with E-state index in [1.54, 1.807) is 11.8 Å². The van der Waals surface area contributed by atoms with Crippen molar-refractivity contribution >= 4 is 11.8 Å². The van der Waals surface area contributed by atoms with E-state index in [0.29, 0.717) is 5.75 Å². The first-order valence-corrected chi connectivity index (χ1v) is 6.90. The van der Waals surface area contributed by atoms with Gasteiger partial charge in [0.25, 0.3) is 0 Å². The van der Waals surface area contributed by atoms with Crippen LogP contribution in [-0.4, -0.2) is 10.9 Å². The lowest BCUT2D eigenvalue weighted by Gasteiger charge is -2.17. The van der Waals surface area contributed by atoms with Crippen LogP contribution in [-0.2, 0) is 0 Å². The summed E-state index contributed by atoms with van der Waals surface area (Å²) >= 11 is 1.69. The maximum absolute atomic E-state index is 9.28. The van der Waals surface area contributed by atoms with E-state index < -0.39 is 0 Å². The molecule has 1 N–H and O–H groups in total. The molecule has 2 rings (SSSR count). The highest BCUT2D eigenvalue weighted by Gasteiger charge is 2.14. The molecule has 0 saturated heterocycles. The van der Waals surface area contributed by atoms with Gasteiger partial charge in [-0.3, -0.25) is 0 Å². The van der Waals surface area contributed by atoms with Crippen molar-refractivity contribution in [3.8, 4) is 0 Å². The lowest BCUT2D eigenvalue weighted by molar-refractivity contribution is 0.420. The first-order chi connectivity index (χ1) is 8.77. The fraction of sp³-hybridized carbons (Fsp3) is 0.125. The van der Waals surface area contributed by atoms with Gasteiger partial charge < -0.3 is 5.11 Å². The normalized spacial score (nSPS) is 10.5. The second kappa shape index (κ2) is 6.31. The van der Waals surface area contributed by atoms with Crippen molar-refractivity contribution in [1.82, 2.24) is 0 Å². The first-order valence-electron chi connectivity index (χ1n) is 5.85. The van der Waals surface area contributed by atoms with Crippen LogP contribution >= 0.6 is 11.8 Å². The minimum Gasteiger partial charge on any atom is -0.512 e. The average molecular weight is 256 g/mol. The van der Waals surface area contributed by atoms with Crippen molar-refractivity contribution in [2.45, 2.75) is 5.25 Å². The highest BCUT2D eigenvalue weighted by Crippen LogP contribution is 2.35. The molecule has 0 atom stereocenters. The van der Waals surface area contributed by atoms with Crippen molar-refractivity contribution in [2.24, 2.45) is 0 Å². The molecule has 2 heteroatoms. The summed E-state index contributed by atoms with van der Waals surface area (Å²) in [5, 5.41) is 9.51. The highest BCUT2D eigenvalue weighted by atomic mass is 32.2. The molecule has 2 aromatic rings. The van der Waals surface area contributed by atoms with E-state index in [2.05, 4.69) is 30.8 Å². The van der Waals surface area contributed by atoms with Crippen LogP contribution in [0.15, 0.2) is 73.0 Å². The third kappa shape index (κ3) is 3.41. The molecule has 0 aliphatic heterocycles. The van der Waals surface area contributed by atoms with E-state index >= 15 is 0 Å². The number of hydrogen-bond acceptors (Lipinski definition) is 2. The number of benzene rings is 2. The number of aliphatic hydroxyl groups excluding tert-OH is 1. The van der Waals surface area contributed by atoms with Gasteiger partial charge in [0, 0.05) is 0 Å². The summed E-state index contributed by atoms with van der Waals surface area (Å²) in [5.41, 5.74) is 2.49. The van der Waals surface area contributed by atoms with Gasteiger partial charge in [0.1, 0.15) is 0 Å². The average Bonchev–Trinajstić information content (AvgIpc) is 2.41. The van der Waals surface area contributed by atoms with Crippen LogP contribution in [0.1, 0.15) is 16.4 Å². The highest BCUT2D eigenvalue weighted by molar-refractivity contribution is 7.99. The Morgan fingerprint density at radius 2 is 1.39 bits per heavy atom. The maximum Gasteiger partial charge on any atom is 0.0950 e. The van der Waals surface area contributed by atoms with Crippen LogP contribution in [0.4, 0.5) is 0 Å². The number of rotatable bonds is 5. The molecular weight excluding hydrogens is 240 g/mol. The Morgan fingerprint density at radius 3 is 1.78 bits per heavy atom. The summed E-state index contributed by atoms with van der Waals surface area (Å²) in [6.45, 7) is 3.55. The van der Waals surface area contributed by atoms with E-state index in [4.69, 9.17) is 0 Å². The lowest BCUT2D eigenvalue weighted by atomic mass is 10.0. The molecule has 18 heavy (non-hydrogen) atoms. The molecule has 92 valence electrons. The second-order valence-electron chi connectivity index (χ2n) is 4.08. The third-order valence-corrected chi connectivity index (χ3v) is 4.00. The maximum atomic E-state index is 9.28. The molecule has 0 amide bonds. The minimum absolute atomic E-state index is 0.219. The molecule has 0 heterocycles. The van der Waals surface area contributed by atoms with Gasteiger partial charge in [-0.15, -0.1) is 11.8 Å². The fourth-order valence-electron chi connectivity index (χ4n) is 1.82. The monoisotopic (exact) mass is 256 g/mol. The molecule has 0 fully saturated rings. The number of thioether (sulfide) groups is 1. The van der Waals surface area contributed by atoms with E-state index in [1.807, 2.05) is 36.4 Å². The van der Waals surface area contributed by atoms with Gasteiger partial charge in [0.05, 0.1) is 16.8 Å². The van der Waals surface area contributed by atoms with Crippen molar-refractivity contribution in [2.75, 3.05) is 5.75 Å². The Kier molecular flexibility index (Phi) is 4.48. The van der Waals surface area contributed by atoms with E-state index in [0.717, 1.165) is 0 Å². The Morgan fingerprint density at radius 1 is 0.944 bits per heavy atom. The second-order valence-corrected chi connectivity index (χ2v) is 5.17. The summed E-state index contributed by atoms with van der Waals surface area (Å²) in [5.74, 6) is 0.769. The first kappa shape index (κ1) is 12.8. The van der Waals surface area contributed by atoms with Crippen LogP contribution in [0.5, 0.6) is 0 Å². The van der Waals surface area contributed by atoms with Gasteiger partial charge in [0.15, 0.2) is 0 Å². The SMILES string of the molecule is C=C(O)CSC(c1ccccc1)c1ccccc1. The van der Waals surface area contributed by atoms with Crippen molar-refractivity contribution in [3.63, 3.8) is 0 Å². The standard InChI is InChI=1S/C16H16OS/c1-13(17)12-18-16(14-8-4-2-5-9-14)15-10-6-3-7-11-15/h2-11,16-17H,1,12H2. The summed E-state index contributed by atoms with van der Waals surface area (Å²) in [4.78, 5) is 0. The predicted molar refractivity (Wildman–Crippen MR) is 79.0 cm³/mol. The topological polar surface area (TPSA) is 20.2 Å². The van der Waals surface area contributed by atoms with E-state index in [9.17, 15) is 5.11 Å². The molecule has 0 radical (unpaired) electrons. The van der Waals surface area contributed by atoms with Gasteiger partial charge in [-0.1, -0.05) is 67.2 Å². The predicted octanol–water partition coefficient (Wildman–Crippen LogP) is 4.58. The largest absolute Gasteiger partial charge is 0.512 e. The zero-order chi connectivity index (χ0) is 12.8. The van der Waals surface area contributed by atoms with Crippen LogP contribution in [0.3, 0.4) is 0 Å². The summed E-state index contributed by atoms with van der Waals surface area (Å²) in [6.07, 6.45) is 0. The molecule has 0 aromatic heterocycles. The van der Waals surface area contributed by atoms with Gasteiger partial charge in [-0.2, -0.15) is 0 Å². The Balaban J connectivity index is 2.26. The third-order valence-electron chi connectivity index (χ3n) is 2.62. The Labute approximate surface area is 112 Å².